The van der Waals surface area contributed by atoms with Gasteiger partial charge in [-0.3, -0.25) is 4.98 Å². The van der Waals surface area contributed by atoms with E-state index in [9.17, 15) is 17.3 Å². The Morgan fingerprint density at radius 2 is 1.73 bits per heavy atom. The molecule has 7 heteroatoms. The molecule has 0 saturated heterocycles. The highest BCUT2D eigenvalue weighted by atomic mass is 19.5. The van der Waals surface area contributed by atoms with Gasteiger partial charge in [0.2, 0.25) is 0 Å². The number of fused-ring (bicyclic) bond motifs is 1. The van der Waals surface area contributed by atoms with Crippen LogP contribution in [0.3, 0.4) is 0 Å². The van der Waals surface area contributed by atoms with E-state index in [2.05, 4.69) is 40.0 Å². The van der Waals surface area contributed by atoms with Crippen molar-refractivity contribution in [1.29, 1.82) is 0 Å². The molecule has 0 amide bonds. The first-order valence-corrected chi connectivity index (χ1v) is 7.21. The van der Waals surface area contributed by atoms with Crippen LogP contribution in [0.1, 0.15) is 29.8 Å². The van der Waals surface area contributed by atoms with Gasteiger partial charge in [-0.05, 0) is 37.5 Å². The van der Waals surface area contributed by atoms with Gasteiger partial charge >= 0.3 is 7.25 Å². The predicted octanol–water partition coefficient (Wildman–Crippen LogP) is 3.60. The van der Waals surface area contributed by atoms with Gasteiger partial charge in [0.05, 0.1) is 0 Å². The van der Waals surface area contributed by atoms with E-state index in [4.69, 9.17) is 0 Å². The summed E-state index contributed by atoms with van der Waals surface area (Å²) in [7, 11) is -6.00. The van der Waals surface area contributed by atoms with E-state index in [0.29, 0.717) is 0 Å². The van der Waals surface area contributed by atoms with Gasteiger partial charge in [0.1, 0.15) is 5.69 Å². The second kappa shape index (κ2) is 7.38. The summed E-state index contributed by atoms with van der Waals surface area (Å²) in [6.45, 7) is 0.893. The van der Waals surface area contributed by atoms with Crippen LogP contribution in [-0.2, 0) is 19.4 Å². The summed E-state index contributed by atoms with van der Waals surface area (Å²) in [6, 6.07) is 10.5. The predicted molar refractivity (Wildman–Crippen MR) is 76.8 cm³/mol. The van der Waals surface area contributed by atoms with Crippen molar-refractivity contribution in [2.24, 2.45) is 0 Å². The lowest BCUT2D eigenvalue weighted by Gasteiger charge is -2.13. The summed E-state index contributed by atoms with van der Waals surface area (Å²) < 4.78 is 41.4. The molecule has 0 unspecified atom stereocenters. The highest BCUT2D eigenvalue weighted by Crippen LogP contribution is 2.17. The van der Waals surface area contributed by atoms with Crippen molar-refractivity contribution < 1.29 is 21.8 Å². The Kier molecular flexibility index (Phi) is 5.52. The maximum Gasteiger partial charge on any atom is 0.673 e. The summed E-state index contributed by atoms with van der Waals surface area (Å²) in [6.07, 6.45) is 9.14. The van der Waals surface area contributed by atoms with Crippen LogP contribution in [0.4, 0.5) is 17.3 Å². The normalized spacial score (nSPS) is 13.8. The van der Waals surface area contributed by atoms with Crippen LogP contribution in [-0.4, -0.2) is 12.2 Å². The topological polar surface area (TPSA) is 16.8 Å². The number of pyridine rings is 2. The number of hydrogen-bond acceptors (Lipinski definition) is 1. The number of halogens is 4. The summed E-state index contributed by atoms with van der Waals surface area (Å²) >= 11 is 0. The SMILES string of the molecule is F[B-](F)(F)F.c1ccc(C[n+]2cccc3c2CCCC3)nc1. The molecule has 2 heterocycles. The van der Waals surface area contributed by atoms with E-state index in [1.165, 1.54) is 36.9 Å². The number of nitrogens with zero attached hydrogens (tertiary/aromatic N) is 2. The van der Waals surface area contributed by atoms with Gasteiger partial charge in [0.25, 0.3) is 0 Å². The highest BCUT2D eigenvalue weighted by Gasteiger charge is 2.21. The molecule has 2 aromatic rings. The van der Waals surface area contributed by atoms with Crippen molar-refractivity contribution in [2.45, 2.75) is 32.2 Å². The Labute approximate surface area is 126 Å². The molecule has 0 aliphatic heterocycles. The second-order valence-corrected chi connectivity index (χ2v) is 5.13. The molecule has 3 rings (SSSR count). The summed E-state index contributed by atoms with van der Waals surface area (Å²) in [5.74, 6) is 0. The summed E-state index contributed by atoms with van der Waals surface area (Å²) in [5, 5.41) is 0. The molecule has 2 nitrogen and oxygen atoms in total. The summed E-state index contributed by atoms with van der Waals surface area (Å²) in [5.41, 5.74) is 4.16. The Morgan fingerprint density at radius 1 is 1.00 bits per heavy atom. The molecule has 118 valence electrons. The minimum Gasteiger partial charge on any atom is -0.418 e. The minimum atomic E-state index is -6.00. The Morgan fingerprint density at radius 3 is 2.41 bits per heavy atom. The van der Waals surface area contributed by atoms with Crippen molar-refractivity contribution in [3.63, 3.8) is 0 Å². The van der Waals surface area contributed by atoms with E-state index in [1.54, 1.807) is 0 Å². The van der Waals surface area contributed by atoms with Gasteiger partial charge in [0.15, 0.2) is 18.4 Å². The lowest BCUT2D eigenvalue weighted by molar-refractivity contribution is -0.696. The summed E-state index contributed by atoms with van der Waals surface area (Å²) in [4.78, 5) is 4.40. The molecule has 0 bridgehead atoms. The van der Waals surface area contributed by atoms with Crippen molar-refractivity contribution in [3.8, 4) is 0 Å². The average Bonchev–Trinajstić information content (AvgIpc) is 2.47. The molecular weight excluding hydrogens is 295 g/mol. The van der Waals surface area contributed by atoms with Crippen LogP contribution in [0.15, 0.2) is 42.7 Å². The first kappa shape index (κ1) is 16.5. The molecule has 0 aromatic carbocycles. The molecule has 1 aliphatic rings. The zero-order valence-electron chi connectivity index (χ0n) is 12.1. The lowest BCUT2D eigenvalue weighted by atomic mass is 9.96. The van der Waals surface area contributed by atoms with Crippen LogP contribution in [0.25, 0.3) is 0 Å². The average molecular weight is 312 g/mol. The standard InChI is InChI=1S/C15H17N2.BF4/c1-2-9-15-13(6-1)7-5-11-17(15)12-14-8-3-4-10-16-14;2-1(3,4)5/h3-5,7-8,10-11H,1-2,6,9,12H2;/q+1;-1. The third-order valence-electron chi connectivity index (χ3n) is 3.45. The van der Waals surface area contributed by atoms with Crippen molar-refractivity contribution in [1.82, 2.24) is 4.98 Å². The molecule has 0 saturated carbocycles. The molecule has 22 heavy (non-hydrogen) atoms. The van der Waals surface area contributed by atoms with E-state index in [1.807, 2.05) is 12.3 Å². The first-order chi connectivity index (χ1) is 10.4. The van der Waals surface area contributed by atoms with E-state index in [0.717, 1.165) is 12.2 Å². The third-order valence-corrected chi connectivity index (χ3v) is 3.45. The van der Waals surface area contributed by atoms with Crippen LogP contribution in [0, 0.1) is 0 Å². The number of hydrogen-bond donors (Lipinski definition) is 0. The first-order valence-electron chi connectivity index (χ1n) is 7.21. The Hall–Kier alpha value is -1.92. The number of aromatic nitrogens is 2. The Balaban J connectivity index is 0.000000309. The van der Waals surface area contributed by atoms with Gasteiger partial charge < -0.3 is 17.3 Å². The molecule has 1 aliphatic carbocycles. The number of rotatable bonds is 2. The second-order valence-electron chi connectivity index (χ2n) is 5.13. The molecule has 0 atom stereocenters. The monoisotopic (exact) mass is 312 g/mol. The fraction of sp³-hybridized carbons (Fsp3) is 0.333. The number of aryl methyl sites for hydroxylation is 1. The quantitative estimate of drug-likeness (QED) is 0.470. The fourth-order valence-corrected chi connectivity index (χ4v) is 2.59. The molecule has 0 fully saturated rings. The maximum absolute atomic E-state index is 9.75. The molecular formula is C15H17BF4N2. The van der Waals surface area contributed by atoms with Crippen LogP contribution < -0.4 is 4.57 Å². The van der Waals surface area contributed by atoms with Crippen molar-refractivity contribution in [3.05, 3.63) is 59.7 Å². The van der Waals surface area contributed by atoms with Crippen molar-refractivity contribution in [2.75, 3.05) is 0 Å². The van der Waals surface area contributed by atoms with Crippen molar-refractivity contribution >= 4 is 7.25 Å². The minimum absolute atomic E-state index is 0.893. The highest BCUT2D eigenvalue weighted by molar-refractivity contribution is 6.50. The third kappa shape index (κ3) is 5.46. The molecule has 2 aromatic heterocycles. The van der Waals surface area contributed by atoms with Gasteiger partial charge in [-0.25, -0.2) is 0 Å². The molecule has 0 N–H and O–H groups in total. The molecule has 0 radical (unpaired) electrons. The zero-order valence-corrected chi connectivity index (χ0v) is 12.1. The van der Waals surface area contributed by atoms with E-state index >= 15 is 0 Å². The van der Waals surface area contributed by atoms with Gasteiger partial charge in [-0.2, -0.15) is 4.57 Å². The van der Waals surface area contributed by atoms with Gasteiger partial charge in [-0.1, -0.05) is 6.07 Å². The largest absolute Gasteiger partial charge is 0.673 e. The maximum atomic E-state index is 9.75. The van der Waals surface area contributed by atoms with E-state index in [-0.39, 0.29) is 0 Å². The van der Waals surface area contributed by atoms with Crippen LogP contribution in [0.5, 0.6) is 0 Å². The fourth-order valence-electron chi connectivity index (χ4n) is 2.59. The van der Waals surface area contributed by atoms with Gasteiger partial charge in [-0.15, -0.1) is 0 Å². The molecule has 0 spiro atoms. The zero-order chi connectivity index (χ0) is 16.0. The van der Waals surface area contributed by atoms with Crippen LogP contribution >= 0.6 is 0 Å². The lowest BCUT2D eigenvalue weighted by Crippen LogP contribution is -2.40. The smallest absolute Gasteiger partial charge is 0.418 e. The Bertz CT molecular complexity index is 596. The van der Waals surface area contributed by atoms with E-state index < -0.39 is 7.25 Å². The van der Waals surface area contributed by atoms with Gasteiger partial charge in [0, 0.05) is 24.2 Å². The van der Waals surface area contributed by atoms with Crippen LogP contribution in [0.2, 0.25) is 0 Å².